The summed E-state index contributed by atoms with van der Waals surface area (Å²) in [5.74, 6) is -0.995. The van der Waals surface area contributed by atoms with Gasteiger partial charge in [0.15, 0.2) is 0 Å². The van der Waals surface area contributed by atoms with E-state index >= 15 is 0 Å². The van der Waals surface area contributed by atoms with Crippen LogP contribution in [0.5, 0.6) is 0 Å². The highest BCUT2D eigenvalue weighted by atomic mass is 19.4. The second-order valence-corrected chi connectivity index (χ2v) is 5.89. The van der Waals surface area contributed by atoms with E-state index in [9.17, 15) is 22.8 Å². The highest BCUT2D eigenvalue weighted by Crippen LogP contribution is 2.33. The van der Waals surface area contributed by atoms with Crippen LogP contribution in [0.3, 0.4) is 0 Å². The first-order valence-corrected chi connectivity index (χ1v) is 7.63. The normalized spacial score (nSPS) is 16.6. The maximum atomic E-state index is 12.7. The average Bonchev–Trinajstić information content (AvgIpc) is 2.94. The van der Waals surface area contributed by atoms with Gasteiger partial charge in [-0.05, 0) is 29.3 Å². The van der Waals surface area contributed by atoms with Gasteiger partial charge in [-0.15, -0.1) is 0 Å². The molecular formula is C18H15F3N2O2. The number of rotatable bonds is 3. The van der Waals surface area contributed by atoms with E-state index in [0.29, 0.717) is 17.7 Å². The van der Waals surface area contributed by atoms with Crippen LogP contribution in [0.15, 0.2) is 48.5 Å². The van der Waals surface area contributed by atoms with Crippen molar-refractivity contribution >= 4 is 17.5 Å². The van der Waals surface area contributed by atoms with Crippen molar-refractivity contribution in [1.29, 1.82) is 0 Å². The second kappa shape index (κ2) is 6.23. The largest absolute Gasteiger partial charge is 0.416 e. The quantitative estimate of drug-likeness (QED) is 0.927. The molecular weight excluding hydrogens is 333 g/mol. The van der Waals surface area contributed by atoms with Crippen molar-refractivity contribution in [3.63, 3.8) is 0 Å². The third-order valence-electron chi connectivity index (χ3n) is 4.21. The van der Waals surface area contributed by atoms with E-state index in [-0.39, 0.29) is 12.3 Å². The maximum Gasteiger partial charge on any atom is 0.416 e. The van der Waals surface area contributed by atoms with Crippen LogP contribution in [0.2, 0.25) is 0 Å². The Morgan fingerprint density at radius 3 is 2.32 bits per heavy atom. The Balaban J connectivity index is 1.83. The fraction of sp³-hybridized carbons (Fsp3) is 0.222. The molecule has 1 aliphatic heterocycles. The third kappa shape index (κ3) is 3.35. The Labute approximate surface area is 142 Å². The van der Waals surface area contributed by atoms with Gasteiger partial charge in [-0.1, -0.05) is 30.3 Å². The number of anilines is 1. The van der Waals surface area contributed by atoms with E-state index in [1.54, 1.807) is 18.2 Å². The lowest BCUT2D eigenvalue weighted by molar-refractivity contribution is -0.137. The Bertz CT molecular complexity index is 816. The van der Waals surface area contributed by atoms with Crippen molar-refractivity contribution in [2.75, 3.05) is 4.90 Å². The molecule has 2 aromatic rings. The van der Waals surface area contributed by atoms with Crippen molar-refractivity contribution in [3.8, 4) is 0 Å². The minimum atomic E-state index is -4.42. The predicted molar refractivity (Wildman–Crippen MR) is 85.8 cm³/mol. The minimum absolute atomic E-state index is 0.115. The first-order chi connectivity index (χ1) is 11.8. The Kier molecular flexibility index (Phi) is 4.24. The van der Waals surface area contributed by atoms with Gasteiger partial charge in [-0.25, -0.2) is 0 Å². The molecule has 130 valence electrons. The van der Waals surface area contributed by atoms with Gasteiger partial charge in [0, 0.05) is 12.1 Å². The van der Waals surface area contributed by atoms with Gasteiger partial charge in [0.2, 0.25) is 11.8 Å². The second-order valence-electron chi connectivity index (χ2n) is 5.89. The summed E-state index contributed by atoms with van der Waals surface area (Å²) in [6.45, 7) is 0. The number of hydrogen-bond donors (Lipinski definition) is 1. The summed E-state index contributed by atoms with van der Waals surface area (Å²) in [6, 6.07) is 10.7. The minimum Gasteiger partial charge on any atom is -0.368 e. The number of amides is 2. The number of alkyl halides is 3. The lowest BCUT2D eigenvalue weighted by Crippen LogP contribution is -2.46. The van der Waals surface area contributed by atoms with Crippen LogP contribution < -0.4 is 10.6 Å². The number of hydrogen-bond acceptors (Lipinski definition) is 2. The number of fused-ring (bicyclic) bond motifs is 1. The lowest BCUT2D eigenvalue weighted by atomic mass is 10.1. The molecule has 7 heteroatoms. The predicted octanol–water partition coefficient (Wildman–Crippen LogP) is 2.69. The molecule has 1 atom stereocenters. The molecule has 0 spiro atoms. The molecule has 0 radical (unpaired) electrons. The Morgan fingerprint density at radius 1 is 1.08 bits per heavy atom. The average molecular weight is 348 g/mol. The molecule has 0 aliphatic carbocycles. The monoisotopic (exact) mass is 348 g/mol. The number of primary amides is 1. The molecule has 0 saturated heterocycles. The number of benzene rings is 2. The van der Waals surface area contributed by atoms with Gasteiger partial charge in [0.25, 0.3) is 0 Å². The summed E-state index contributed by atoms with van der Waals surface area (Å²) in [5, 5.41) is 0. The van der Waals surface area contributed by atoms with E-state index in [2.05, 4.69) is 0 Å². The van der Waals surface area contributed by atoms with Crippen LogP contribution in [-0.2, 0) is 28.6 Å². The molecule has 0 saturated carbocycles. The van der Waals surface area contributed by atoms with E-state index in [4.69, 9.17) is 5.73 Å². The molecule has 2 N–H and O–H groups in total. The van der Waals surface area contributed by atoms with E-state index in [1.807, 2.05) is 6.07 Å². The van der Waals surface area contributed by atoms with Crippen LogP contribution in [0.1, 0.15) is 16.7 Å². The Hall–Kier alpha value is -2.83. The Morgan fingerprint density at radius 2 is 1.72 bits per heavy atom. The maximum absolute atomic E-state index is 12.7. The zero-order valence-corrected chi connectivity index (χ0v) is 13.1. The summed E-state index contributed by atoms with van der Waals surface area (Å²) >= 11 is 0. The van der Waals surface area contributed by atoms with Gasteiger partial charge in [-0.2, -0.15) is 13.2 Å². The molecule has 1 aliphatic rings. The zero-order valence-electron chi connectivity index (χ0n) is 13.1. The van der Waals surface area contributed by atoms with Crippen LogP contribution in [0, 0.1) is 0 Å². The molecule has 25 heavy (non-hydrogen) atoms. The molecule has 0 fully saturated rings. The highest BCUT2D eigenvalue weighted by molar-refractivity contribution is 6.03. The summed E-state index contributed by atoms with van der Waals surface area (Å²) in [6.07, 6.45) is -4.20. The summed E-state index contributed by atoms with van der Waals surface area (Å²) in [4.78, 5) is 25.7. The van der Waals surface area contributed by atoms with E-state index in [1.165, 1.54) is 17.0 Å². The van der Waals surface area contributed by atoms with E-state index in [0.717, 1.165) is 17.7 Å². The number of carbonyl (C=O) groups is 2. The molecule has 0 bridgehead atoms. The molecule has 4 nitrogen and oxygen atoms in total. The van der Waals surface area contributed by atoms with Crippen LogP contribution >= 0.6 is 0 Å². The fourth-order valence-electron chi connectivity index (χ4n) is 2.99. The summed E-state index contributed by atoms with van der Waals surface area (Å²) < 4.78 is 37.8. The number of nitrogens with two attached hydrogens (primary N) is 1. The molecule has 2 aromatic carbocycles. The molecule has 0 aromatic heterocycles. The van der Waals surface area contributed by atoms with Crippen LogP contribution in [0.4, 0.5) is 18.9 Å². The zero-order chi connectivity index (χ0) is 18.2. The smallest absolute Gasteiger partial charge is 0.368 e. The topological polar surface area (TPSA) is 63.4 Å². The standard InChI is InChI=1S/C18H15F3N2O2/c19-18(20,21)13-7-5-11(6-8-13)9-16(24)23-14-4-2-1-3-12(14)10-15(23)17(22)25/h1-8,15H,9-10H2,(H2,22,25)/t15-/m0/s1. The van der Waals surface area contributed by atoms with Gasteiger partial charge < -0.3 is 5.73 Å². The number of carbonyl (C=O) groups excluding carboxylic acids is 2. The fourth-order valence-corrected chi connectivity index (χ4v) is 2.99. The van der Waals surface area contributed by atoms with Crippen molar-refractivity contribution in [2.45, 2.75) is 25.1 Å². The third-order valence-corrected chi connectivity index (χ3v) is 4.21. The van der Waals surface area contributed by atoms with Crippen LogP contribution in [0.25, 0.3) is 0 Å². The summed E-state index contributed by atoms with van der Waals surface area (Å²) in [5.41, 5.74) is 6.53. The van der Waals surface area contributed by atoms with Crippen molar-refractivity contribution in [1.82, 2.24) is 0 Å². The molecule has 1 heterocycles. The number of halogens is 3. The number of para-hydroxylation sites is 1. The lowest BCUT2D eigenvalue weighted by Gasteiger charge is -2.23. The van der Waals surface area contributed by atoms with Crippen molar-refractivity contribution in [2.24, 2.45) is 5.73 Å². The molecule has 2 amide bonds. The highest BCUT2D eigenvalue weighted by Gasteiger charge is 2.37. The first kappa shape index (κ1) is 17.0. The van der Waals surface area contributed by atoms with Gasteiger partial charge in [-0.3, -0.25) is 14.5 Å². The van der Waals surface area contributed by atoms with E-state index < -0.39 is 23.7 Å². The SMILES string of the molecule is NC(=O)[C@@H]1Cc2ccccc2N1C(=O)Cc1ccc(C(F)(F)F)cc1. The van der Waals surface area contributed by atoms with Gasteiger partial charge in [0.1, 0.15) is 6.04 Å². The molecule has 3 rings (SSSR count). The van der Waals surface area contributed by atoms with Gasteiger partial charge >= 0.3 is 6.18 Å². The van der Waals surface area contributed by atoms with Gasteiger partial charge in [0.05, 0.1) is 12.0 Å². The van der Waals surface area contributed by atoms with Crippen molar-refractivity contribution in [3.05, 3.63) is 65.2 Å². The van der Waals surface area contributed by atoms with Crippen molar-refractivity contribution < 1.29 is 22.8 Å². The molecule has 0 unspecified atom stereocenters. The number of nitrogens with zero attached hydrogens (tertiary/aromatic N) is 1. The summed E-state index contributed by atoms with van der Waals surface area (Å²) in [7, 11) is 0. The first-order valence-electron chi connectivity index (χ1n) is 7.63. The van der Waals surface area contributed by atoms with Crippen LogP contribution in [-0.4, -0.2) is 17.9 Å².